The van der Waals surface area contributed by atoms with Crippen molar-refractivity contribution in [3.05, 3.63) is 43.0 Å². The Morgan fingerprint density at radius 1 is 1.37 bits per heavy atom. The van der Waals surface area contributed by atoms with Crippen LogP contribution in [-0.2, 0) is 9.53 Å². The van der Waals surface area contributed by atoms with Gasteiger partial charge in [0.15, 0.2) is 0 Å². The van der Waals surface area contributed by atoms with E-state index in [1.54, 1.807) is 0 Å². The Bertz CT molecular complexity index is 420. The fraction of sp³-hybridized carbons (Fsp3) is 0.308. The number of hydrogen-bond acceptors (Lipinski definition) is 3. The lowest BCUT2D eigenvalue weighted by Gasteiger charge is -2.25. The lowest BCUT2D eigenvalue weighted by Crippen LogP contribution is -2.31. The summed E-state index contributed by atoms with van der Waals surface area (Å²) in [6, 6.07) is 9.52. The van der Waals surface area contributed by atoms with Crippen molar-refractivity contribution in [1.82, 2.24) is 0 Å². The van der Waals surface area contributed by atoms with Crippen LogP contribution in [0.2, 0.25) is 0 Å². The highest BCUT2D eigenvalue weighted by molar-refractivity contribution is 9.26. The van der Waals surface area contributed by atoms with Gasteiger partial charge in [0.25, 0.3) is 0 Å². The van der Waals surface area contributed by atoms with Gasteiger partial charge in [-0.1, -0.05) is 40.7 Å². The molecule has 0 aliphatic rings. The summed E-state index contributed by atoms with van der Waals surface area (Å²) in [4.78, 5) is 11.0. The van der Waals surface area contributed by atoms with Crippen LogP contribution in [0.3, 0.4) is 0 Å². The summed E-state index contributed by atoms with van der Waals surface area (Å²) in [5.41, 5.74) is 0. The molecule has 0 radical (unpaired) electrons. The summed E-state index contributed by atoms with van der Waals surface area (Å²) < 4.78 is 9.72. The van der Waals surface area contributed by atoms with Gasteiger partial charge in [0.1, 0.15) is 5.75 Å². The van der Waals surface area contributed by atoms with E-state index in [1.165, 1.54) is 0 Å². The molecule has 0 heterocycles. The van der Waals surface area contributed by atoms with E-state index in [4.69, 9.17) is 9.47 Å². The molecule has 0 saturated heterocycles. The smallest absolute Gasteiger partial charge is 0.332 e. The zero-order valence-electron chi connectivity index (χ0n) is 10.0. The lowest BCUT2D eigenvalue weighted by molar-refractivity contribution is -0.140. The Labute approximate surface area is 137 Å². The molecule has 0 bridgehead atoms. The van der Waals surface area contributed by atoms with E-state index in [0.717, 1.165) is 11.8 Å². The second-order valence-electron chi connectivity index (χ2n) is 3.60. The van der Waals surface area contributed by atoms with Crippen LogP contribution < -0.4 is 4.74 Å². The molecule has 0 aliphatic carbocycles. The van der Waals surface area contributed by atoms with Crippen molar-refractivity contribution >= 4 is 53.8 Å². The van der Waals surface area contributed by atoms with Gasteiger partial charge in [-0.05, 0) is 50.4 Å². The van der Waals surface area contributed by atoms with Gasteiger partial charge in [-0.2, -0.15) is 0 Å². The molecule has 0 saturated carbocycles. The quantitative estimate of drug-likeness (QED) is 0.347. The molecular weight excluding hydrogens is 444 g/mol. The molecular formula is C13H13Br3O3. The van der Waals surface area contributed by atoms with E-state index >= 15 is 0 Å². The van der Waals surface area contributed by atoms with E-state index in [9.17, 15) is 4.79 Å². The number of halogens is 3. The molecule has 0 aliphatic heterocycles. The van der Waals surface area contributed by atoms with Crippen molar-refractivity contribution in [2.24, 2.45) is 0 Å². The number of hydrogen-bond donors (Lipinski definition) is 0. The minimum absolute atomic E-state index is 0.160. The Balaban J connectivity index is 2.39. The summed E-state index contributed by atoms with van der Waals surface area (Å²) >= 11 is 10.0. The topological polar surface area (TPSA) is 35.5 Å². The van der Waals surface area contributed by atoms with Crippen LogP contribution in [0.4, 0.5) is 0 Å². The van der Waals surface area contributed by atoms with Crippen molar-refractivity contribution in [3.8, 4) is 5.75 Å². The first kappa shape index (κ1) is 16.7. The first-order chi connectivity index (χ1) is 8.95. The molecule has 0 fully saturated rings. The number of carbonyl (C=O) groups excluding carboxylic acids is 1. The maximum Gasteiger partial charge on any atom is 0.332 e. The maximum absolute atomic E-state index is 11.2. The average Bonchev–Trinajstić information content (AvgIpc) is 2.39. The van der Waals surface area contributed by atoms with Crippen LogP contribution in [0.15, 0.2) is 43.0 Å². The third kappa shape index (κ3) is 6.10. The van der Waals surface area contributed by atoms with Crippen LogP contribution in [-0.4, -0.2) is 20.8 Å². The summed E-state index contributed by atoms with van der Waals surface area (Å²) in [5.74, 6) is 0.294. The highest BCUT2D eigenvalue weighted by Gasteiger charge is 2.35. The molecule has 0 N–H and O–H groups in total. The molecule has 6 heteroatoms. The molecule has 1 atom stereocenters. The SMILES string of the molecule is C=CC(=O)OC(Br)(Br)C(Br)CCOc1ccccc1. The summed E-state index contributed by atoms with van der Waals surface area (Å²) in [7, 11) is 0. The molecule has 104 valence electrons. The molecule has 1 unspecified atom stereocenters. The largest absolute Gasteiger partial charge is 0.494 e. The average molecular weight is 457 g/mol. The van der Waals surface area contributed by atoms with Crippen molar-refractivity contribution in [2.45, 2.75) is 14.7 Å². The van der Waals surface area contributed by atoms with Crippen LogP contribution in [0.5, 0.6) is 5.75 Å². The van der Waals surface area contributed by atoms with E-state index in [2.05, 4.69) is 54.4 Å². The van der Waals surface area contributed by atoms with E-state index in [1.807, 2.05) is 30.3 Å². The van der Waals surface area contributed by atoms with Crippen LogP contribution >= 0.6 is 47.8 Å². The number of alkyl halides is 3. The minimum atomic E-state index is -0.981. The third-order valence-corrected chi connectivity index (χ3v) is 5.91. The van der Waals surface area contributed by atoms with Gasteiger partial charge in [0, 0.05) is 6.08 Å². The van der Waals surface area contributed by atoms with Crippen LogP contribution in [0.25, 0.3) is 0 Å². The molecule has 0 amide bonds. The second-order valence-corrected chi connectivity index (χ2v) is 8.13. The number of ether oxygens (including phenoxy) is 2. The Morgan fingerprint density at radius 3 is 2.58 bits per heavy atom. The van der Waals surface area contributed by atoms with Gasteiger partial charge < -0.3 is 9.47 Å². The maximum atomic E-state index is 11.2. The molecule has 1 aromatic rings. The Hall–Kier alpha value is -0.330. The van der Waals surface area contributed by atoms with Crippen molar-refractivity contribution in [2.75, 3.05) is 6.61 Å². The molecule has 3 nitrogen and oxygen atoms in total. The minimum Gasteiger partial charge on any atom is -0.494 e. The van der Waals surface area contributed by atoms with E-state index in [0.29, 0.717) is 13.0 Å². The van der Waals surface area contributed by atoms with Gasteiger partial charge >= 0.3 is 5.97 Å². The first-order valence-corrected chi connectivity index (χ1v) is 8.01. The fourth-order valence-corrected chi connectivity index (χ4v) is 2.26. The summed E-state index contributed by atoms with van der Waals surface area (Å²) in [6.07, 6.45) is 1.74. The molecule has 19 heavy (non-hydrogen) atoms. The molecule has 0 spiro atoms. The zero-order valence-corrected chi connectivity index (χ0v) is 14.8. The first-order valence-electron chi connectivity index (χ1n) is 5.51. The van der Waals surface area contributed by atoms with Crippen LogP contribution in [0.1, 0.15) is 6.42 Å². The molecule has 1 rings (SSSR count). The number of esters is 1. The van der Waals surface area contributed by atoms with Gasteiger partial charge in [-0.15, -0.1) is 0 Å². The van der Waals surface area contributed by atoms with E-state index < -0.39 is 9.39 Å². The predicted molar refractivity (Wildman–Crippen MR) is 86.1 cm³/mol. The van der Waals surface area contributed by atoms with Crippen molar-refractivity contribution in [3.63, 3.8) is 0 Å². The molecule has 1 aromatic carbocycles. The van der Waals surface area contributed by atoms with Gasteiger partial charge in [-0.3, -0.25) is 0 Å². The Morgan fingerprint density at radius 2 is 2.00 bits per heavy atom. The van der Waals surface area contributed by atoms with Gasteiger partial charge in [-0.25, -0.2) is 4.79 Å². The summed E-state index contributed by atoms with van der Waals surface area (Å²) in [5, 5.41) is 0. The lowest BCUT2D eigenvalue weighted by atomic mass is 10.3. The Kier molecular flexibility index (Phi) is 7.10. The van der Waals surface area contributed by atoms with Crippen LogP contribution in [0, 0.1) is 0 Å². The number of benzene rings is 1. The van der Waals surface area contributed by atoms with Gasteiger partial charge in [0.2, 0.25) is 3.42 Å². The van der Waals surface area contributed by atoms with Crippen molar-refractivity contribution < 1.29 is 14.3 Å². The zero-order chi connectivity index (χ0) is 14.3. The monoisotopic (exact) mass is 454 g/mol. The van der Waals surface area contributed by atoms with E-state index in [-0.39, 0.29) is 4.83 Å². The summed E-state index contributed by atoms with van der Waals surface area (Å²) in [6.45, 7) is 3.84. The number of rotatable bonds is 7. The second kappa shape index (κ2) is 8.07. The highest BCUT2D eigenvalue weighted by Crippen LogP contribution is 2.38. The molecule has 0 aromatic heterocycles. The third-order valence-electron chi connectivity index (χ3n) is 2.15. The normalized spacial score (nSPS) is 12.6. The fourth-order valence-electron chi connectivity index (χ4n) is 1.20. The number of para-hydroxylation sites is 1. The predicted octanol–water partition coefficient (Wildman–Crippen LogP) is 4.39. The van der Waals surface area contributed by atoms with Crippen molar-refractivity contribution in [1.29, 1.82) is 0 Å². The standard InChI is InChI=1S/C13H13Br3O3/c1-2-12(17)19-13(15,16)11(14)8-9-18-10-6-4-3-5-7-10/h2-7,11H,1,8-9H2. The number of carbonyl (C=O) groups is 1. The highest BCUT2D eigenvalue weighted by atomic mass is 79.9. The van der Waals surface area contributed by atoms with Gasteiger partial charge in [0.05, 0.1) is 11.4 Å².